The van der Waals surface area contributed by atoms with Crippen LogP contribution in [0.4, 0.5) is 5.69 Å². The summed E-state index contributed by atoms with van der Waals surface area (Å²) < 4.78 is 10.4. The summed E-state index contributed by atoms with van der Waals surface area (Å²) in [5.41, 5.74) is 2.75. The van der Waals surface area contributed by atoms with Crippen LogP contribution in [-0.2, 0) is 14.3 Å². The number of nitrogens with one attached hydrogen (secondary N) is 1. The topological polar surface area (TPSA) is 64.6 Å². The largest absolute Gasteiger partial charge is 0.479 e. The van der Waals surface area contributed by atoms with Crippen molar-refractivity contribution in [1.82, 2.24) is 0 Å². The zero-order valence-electron chi connectivity index (χ0n) is 14.3. The predicted octanol–water partition coefficient (Wildman–Crippen LogP) is 3.91. The van der Waals surface area contributed by atoms with E-state index in [4.69, 9.17) is 21.1 Å². The van der Waals surface area contributed by atoms with Gasteiger partial charge in [0.25, 0.3) is 5.91 Å². The number of hydrogen-bond acceptors (Lipinski definition) is 4. The molecule has 2 aromatic rings. The number of ether oxygens (including phenoxy) is 2. The Hall–Kier alpha value is -2.53. The number of rotatable bonds is 6. The molecule has 1 N–H and O–H groups in total. The molecule has 2 rings (SSSR count). The zero-order chi connectivity index (χ0) is 18.4. The highest BCUT2D eigenvalue weighted by Crippen LogP contribution is 2.17. The second-order valence-electron chi connectivity index (χ2n) is 5.75. The monoisotopic (exact) mass is 361 g/mol. The first-order valence-corrected chi connectivity index (χ1v) is 8.18. The van der Waals surface area contributed by atoms with E-state index in [2.05, 4.69) is 5.32 Å². The summed E-state index contributed by atoms with van der Waals surface area (Å²) >= 11 is 5.79. The van der Waals surface area contributed by atoms with Crippen LogP contribution in [-0.4, -0.2) is 24.6 Å². The summed E-state index contributed by atoms with van der Waals surface area (Å²) in [5.74, 6) is -0.531. The second kappa shape index (κ2) is 8.53. The molecule has 0 heterocycles. The van der Waals surface area contributed by atoms with E-state index in [1.807, 2.05) is 32.0 Å². The van der Waals surface area contributed by atoms with Crippen LogP contribution in [0.15, 0.2) is 42.5 Å². The summed E-state index contributed by atoms with van der Waals surface area (Å²) in [6.45, 7) is 5.07. The van der Waals surface area contributed by atoms with Gasteiger partial charge in [0.05, 0.1) is 0 Å². The molecule has 132 valence electrons. The molecule has 6 heteroatoms. The van der Waals surface area contributed by atoms with E-state index < -0.39 is 18.0 Å². The molecule has 0 aromatic heterocycles. The molecule has 0 saturated carbocycles. The Morgan fingerprint density at radius 2 is 1.68 bits per heavy atom. The Morgan fingerprint density at radius 1 is 1.08 bits per heavy atom. The molecule has 5 nitrogen and oxygen atoms in total. The first-order chi connectivity index (χ1) is 11.8. The number of carbonyl (C=O) groups excluding carboxylic acids is 2. The highest BCUT2D eigenvalue weighted by Gasteiger charge is 2.18. The average molecular weight is 362 g/mol. The van der Waals surface area contributed by atoms with Crippen LogP contribution in [0.25, 0.3) is 0 Å². The Labute approximate surface area is 151 Å². The molecule has 1 amide bonds. The minimum absolute atomic E-state index is 0.375. The molecule has 0 unspecified atom stereocenters. The highest BCUT2D eigenvalue weighted by molar-refractivity contribution is 6.30. The van der Waals surface area contributed by atoms with E-state index in [9.17, 15) is 9.59 Å². The van der Waals surface area contributed by atoms with Gasteiger partial charge >= 0.3 is 5.97 Å². The van der Waals surface area contributed by atoms with E-state index in [0.717, 1.165) is 11.1 Å². The summed E-state index contributed by atoms with van der Waals surface area (Å²) in [4.78, 5) is 23.8. The molecule has 2 aromatic carbocycles. The van der Waals surface area contributed by atoms with Crippen LogP contribution in [0.5, 0.6) is 5.75 Å². The number of halogens is 1. The van der Waals surface area contributed by atoms with E-state index in [-0.39, 0.29) is 6.61 Å². The van der Waals surface area contributed by atoms with Gasteiger partial charge in [-0.15, -0.1) is 0 Å². The smallest absolute Gasteiger partial charge is 0.347 e. The van der Waals surface area contributed by atoms with Crippen molar-refractivity contribution in [1.29, 1.82) is 0 Å². The zero-order valence-corrected chi connectivity index (χ0v) is 15.1. The molecule has 25 heavy (non-hydrogen) atoms. The van der Waals surface area contributed by atoms with Crippen molar-refractivity contribution in [3.8, 4) is 5.75 Å². The maximum atomic E-state index is 11.9. The number of hydrogen-bond donors (Lipinski definition) is 1. The minimum Gasteiger partial charge on any atom is -0.479 e. The van der Waals surface area contributed by atoms with Gasteiger partial charge in [-0.3, -0.25) is 4.79 Å². The lowest BCUT2D eigenvalue weighted by atomic mass is 10.1. The fourth-order valence-electron chi connectivity index (χ4n) is 2.26. The van der Waals surface area contributed by atoms with Crippen molar-refractivity contribution in [2.45, 2.75) is 26.9 Å². The average Bonchev–Trinajstić information content (AvgIpc) is 2.53. The highest BCUT2D eigenvalue weighted by atomic mass is 35.5. The number of esters is 1. The van der Waals surface area contributed by atoms with E-state index >= 15 is 0 Å². The van der Waals surface area contributed by atoms with Crippen LogP contribution in [0, 0.1) is 13.8 Å². The fourth-order valence-corrected chi connectivity index (χ4v) is 2.39. The molecule has 0 spiro atoms. The SMILES string of the molecule is Cc1cc(C)cc(NC(=O)COC(=O)[C@@H](C)Oc2ccc(Cl)cc2)c1. The molecule has 0 aliphatic rings. The number of aryl methyl sites for hydroxylation is 2. The van der Waals surface area contributed by atoms with Crippen molar-refractivity contribution in [3.63, 3.8) is 0 Å². The molecule has 0 aliphatic carbocycles. The lowest BCUT2D eigenvalue weighted by molar-refractivity contribution is -0.153. The Balaban J connectivity index is 1.81. The summed E-state index contributed by atoms with van der Waals surface area (Å²) in [6.07, 6.45) is -0.838. The quantitative estimate of drug-likeness (QED) is 0.792. The van der Waals surface area contributed by atoms with Gasteiger partial charge in [0.2, 0.25) is 0 Å². The second-order valence-corrected chi connectivity index (χ2v) is 6.18. The van der Waals surface area contributed by atoms with Gasteiger partial charge in [0, 0.05) is 10.7 Å². The molecular formula is C19H20ClNO4. The van der Waals surface area contributed by atoms with Gasteiger partial charge in [-0.25, -0.2) is 4.79 Å². The van der Waals surface area contributed by atoms with Crippen LogP contribution in [0.1, 0.15) is 18.1 Å². The van der Waals surface area contributed by atoms with Crippen LogP contribution in [0.2, 0.25) is 5.02 Å². The Morgan fingerprint density at radius 3 is 2.28 bits per heavy atom. The predicted molar refractivity (Wildman–Crippen MR) is 97.0 cm³/mol. The van der Waals surface area contributed by atoms with Gasteiger partial charge in [0.15, 0.2) is 12.7 Å². The minimum atomic E-state index is -0.838. The van der Waals surface area contributed by atoms with Crippen LogP contribution < -0.4 is 10.1 Å². The van der Waals surface area contributed by atoms with Crippen LogP contribution >= 0.6 is 11.6 Å². The number of carbonyl (C=O) groups is 2. The molecule has 0 radical (unpaired) electrons. The summed E-state index contributed by atoms with van der Waals surface area (Å²) in [5, 5.41) is 3.28. The van der Waals surface area contributed by atoms with Gasteiger partial charge in [-0.1, -0.05) is 17.7 Å². The third kappa shape index (κ3) is 6.12. The summed E-state index contributed by atoms with van der Waals surface area (Å²) in [7, 11) is 0. The first-order valence-electron chi connectivity index (χ1n) is 7.80. The number of benzene rings is 2. The standard InChI is InChI=1S/C19H20ClNO4/c1-12-8-13(2)10-16(9-12)21-18(22)11-24-19(23)14(3)25-17-6-4-15(20)5-7-17/h4-10,14H,11H2,1-3H3,(H,21,22)/t14-/m1/s1. The fraction of sp³-hybridized carbons (Fsp3) is 0.263. The third-order valence-corrected chi connectivity index (χ3v) is 3.56. The van der Waals surface area contributed by atoms with Crippen LogP contribution in [0.3, 0.4) is 0 Å². The van der Waals surface area contributed by atoms with Gasteiger partial charge in [-0.2, -0.15) is 0 Å². The third-order valence-electron chi connectivity index (χ3n) is 3.31. The van der Waals surface area contributed by atoms with Crippen molar-refractivity contribution in [3.05, 3.63) is 58.6 Å². The molecule has 0 fully saturated rings. The summed E-state index contributed by atoms with van der Waals surface area (Å²) in [6, 6.07) is 12.3. The number of amides is 1. The first kappa shape index (κ1) is 18.8. The molecular weight excluding hydrogens is 342 g/mol. The molecule has 0 saturated heterocycles. The number of anilines is 1. The lowest BCUT2D eigenvalue weighted by Gasteiger charge is -2.14. The Bertz CT molecular complexity index is 738. The van der Waals surface area contributed by atoms with Crippen molar-refractivity contribution >= 4 is 29.2 Å². The van der Waals surface area contributed by atoms with E-state index in [1.165, 1.54) is 0 Å². The van der Waals surface area contributed by atoms with Gasteiger partial charge in [0.1, 0.15) is 5.75 Å². The molecule has 0 bridgehead atoms. The van der Waals surface area contributed by atoms with E-state index in [1.54, 1.807) is 31.2 Å². The van der Waals surface area contributed by atoms with Crippen molar-refractivity contribution in [2.24, 2.45) is 0 Å². The Kier molecular flexibility index (Phi) is 6.42. The normalized spacial score (nSPS) is 11.5. The van der Waals surface area contributed by atoms with Gasteiger partial charge in [-0.05, 0) is 68.3 Å². The maximum absolute atomic E-state index is 11.9. The van der Waals surface area contributed by atoms with Gasteiger partial charge < -0.3 is 14.8 Å². The molecule has 0 aliphatic heterocycles. The lowest BCUT2D eigenvalue weighted by Crippen LogP contribution is -2.29. The van der Waals surface area contributed by atoms with Crippen molar-refractivity contribution < 1.29 is 19.1 Å². The maximum Gasteiger partial charge on any atom is 0.347 e. The van der Waals surface area contributed by atoms with E-state index in [0.29, 0.717) is 16.5 Å². The molecule has 1 atom stereocenters. The van der Waals surface area contributed by atoms with Crippen molar-refractivity contribution in [2.75, 3.05) is 11.9 Å².